The second-order valence-corrected chi connectivity index (χ2v) is 11.8. The van der Waals surface area contributed by atoms with Crippen LogP contribution in [0.4, 0.5) is 0 Å². The maximum atomic E-state index is 2.37. The van der Waals surface area contributed by atoms with Crippen LogP contribution in [0, 0.1) is 65.2 Å². The largest absolute Gasteiger partial charge is 0.0625 e. The molecule has 0 saturated heterocycles. The summed E-state index contributed by atoms with van der Waals surface area (Å²) in [5.74, 6) is 4.08. The zero-order valence-electron chi connectivity index (χ0n) is 24.4. The van der Waals surface area contributed by atoms with Crippen molar-refractivity contribution in [2.75, 3.05) is 0 Å². The topological polar surface area (TPSA) is 0 Å². The molecule has 4 rings (SSSR count). The minimum Gasteiger partial charge on any atom is -0.0625 e. The SMILES string of the molecule is CC1CCC(C)CC1.CC1CCC(C)CC1.Cc1ccc(C)c(C)c1C.Cc1ccc(C)cc1. The summed E-state index contributed by atoms with van der Waals surface area (Å²) in [5.41, 5.74) is 8.30. The highest BCUT2D eigenvalue weighted by Crippen LogP contribution is 2.28. The van der Waals surface area contributed by atoms with Gasteiger partial charge in [-0.25, -0.2) is 0 Å². The zero-order valence-corrected chi connectivity index (χ0v) is 24.4. The van der Waals surface area contributed by atoms with E-state index in [0.717, 1.165) is 23.7 Å². The first-order valence-corrected chi connectivity index (χ1v) is 14.1. The second kappa shape index (κ2) is 16.2. The average molecular weight is 465 g/mol. The summed E-state index contributed by atoms with van der Waals surface area (Å²) in [7, 11) is 0. The first kappa shape index (κ1) is 30.5. The average Bonchev–Trinajstić information content (AvgIpc) is 2.82. The lowest BCUT2D eigenvalue weighted by molar-refractivity contribution is 0.308. The molecule has 0 spiro atoms. The third-order valence-corrected chi connectivity index (χ3v) is 8.16. The Morgan fingerprint density at radius 1 is 0.382 bits per heavy atom. The maximum Gasteiger partial charge on any atom is -0.0392 e. The van der Waals surface area contributed by atoms with Crippen molar-refractivity contribution in [1.82, 2.24) is 0 Å². The zero-order chi connectivity index (χ0) is 25.7. The van der Waals surface area contributed by atoms with Crippen molar-refractivity contribution < 1.29 is 0 Å². The standard InChI is InChI=1S/C10H14.2C8H16.C8H10/c1-7-5-6-8(2)10(4)9(7)3;3*1-7-3-5-8(2)6-4-7/h5-6H,1-4H3;2*7-8H,3-6H2,1-2H3;3-6H,1-2H3. The van der Waals surface area contributed by atoms with Crippen LogP contribution in [0.15, 0.2) is 36.4 Å². The van der Waals surface area contributed by atoms with Crippen LogP contribution in [0.2, 0.25) is 0 Å². The van der Waals surface area contributed by atoms with E-state index in [1.54, 1.807) is 0 Å². The molecule has 2 aromatic carbocycles. The van der Waals surface area contributed by atoms with Gasteiger partial charge in [0.15, 0.2) is 0 Å². The molecule has 2 aromatic rings. The highest BCUT2D eigenvalue weighted by Gasteiger charge is 2.13. The van der Waals surface area contributed by atoms with E-state index in [4.69, 9.17) is 0 Å². The predicted molar refractivity (Wildman–Crippen MR) is 155 cm³/mol. The van der Waals surface area contributed by atoms with E-state index in [-0.39, 0.29) is 0 Å². The van der Waals surface area contributed by atoms with E-state index >= 15 is 0 Å². The molecule has 0 aromatic heterocycles. The minimum atomic E-state index is 1.02. The molecular formula is C34H56. The number of hydrogen-bond donors (Lipinski definition) is 0. The first-order chi connectivity index (χ1) is 16.0. The summed E-state index contributed by atoms with van der Waals surface area (Å²) in [6.07, 6.45) is 11.8. The van der Waals surface area contributed by atoms with Gasteiger partial charge in [0, 0.05) is 0 Å². The molecule has 0 N–H and O–H groups in total. The fraction of sp³-hybridized carbons (Fsp3) is 0.647. The Kier molecular flexibility index (Phi) is 14.5. The van der Waals surface area contributed by atoms with Gasteiger partial charge < -0.3 is 0 Å². The van der Waals surface area contributed by atoms with Crippen LogP contribution >= 0.6 is 0 Å². The number of rotatable bonds is 0. The molecule has 0 aliphatic heterocycles. The van der Waals surface area contributed by atoms with Crippen LogP contribution in [0.25, 0.3) is 0 Å². The van der Waals surface area contributed by atoms with Gasteiger partial charge in [0.1, 0.15) is 0 Å². The van der Waals surface area contributed by atoms with Gasteiger partial charge in [-0.1, -0.05) is 127 Å². The molecule has 0 amide bonds. The lowest BCUT2D eigenvalue weighted by Gasteiger charge is -2.22. The van der Waals surface area contributed by atoms with Gasteiger partial charge in [0.05, 0.1) is 0 Å². The number of benzene rings is 2. The highest BCUT2D eigenvalue weighted by molar-refractivity contribution is 5.37. The van der Waals surface area contributed by atoms with Crippen LogP contribution in [0.1, 0.15) is 112 Å². The van der Waals surface area contributed by atoms with Crippen LogP contribution in [-0.2, 0) is 0 Å². The Labute approximate surface area is 214 Å². The summed E-state index contributed by atoms with van der Waals surface area (Å²) in [4.78, 5) is 0. The summed E-state index contributed by atoms with van der Waals surface area (Å²) in [5, 5.41) is 0. The number of hydrogen-bond acceptors (Lipinski definition) is 0. The van der Waals surface area contributed by atoms with E-state index in [1.807, 2.05) is 0 Å². The minimum absolute atomic E-state index is 1.02. The molecule has 0 bridgehead atoms. The third-order valence-electron chi connectivity index (χ3n) is 8.16. The van der Waals surface area contributed by atoms with Crippen LogP contribution in [0.5, 0.6) is 0 Å². The molecule has 2 aliphatic rings. The molecule has 192 valence electrons. The lowest BCUT2D eigenvalue weighted by atomic mass is 9.84. The Morgan fingerprint density at radius 2 is 0.588 bits per heavy atom. The Balaban J connectivity index is 0.000000228. The molecule has 2 saturated carbocycles. The molecule has 0 unspecified atom stereocenters. The summed E-state index contributed by atoms with van der Waals surface area (Å²) in [6, 6.07) is 12.8. The fourth-order valence-electron chi connectivity index (χ4n) is 4.58. The Morgan fingerprint density at radius 3 is 0.794 bits per heavy atom. The first-order valence-electron chi connectivity index (χ1n) is 14.1. The van der Waals surface area contributed by atoms with Gasteiger partial charge in [-0.15, -0.1) is 0 Å². The van der Waals surface area contributed by atoms with Gasteiger partial charge in [0.25, 0.3) is 0 Å². The molecule has 2 fully saturated rings. The maximum absolute atomic E-state index is 2.37. The Hall–Kier alpha value is -1.56. The molecule has 0 nitrogen and oxygen atoms in total. The van der Waals surface area contributed by atoms with E-state index in [2.05, 4.69) is 106 Å². The number of aryl methyl sites for hydroxylation is 4. The van der Waals surface area contributed by atoms with Crippen molar-refractivity contribution >= 4 is 0 Å². The second-order valence-electron chi connectivity index (χ2n) is 11.8. The molecule has 0 radical (unpaired) electrons. The van der Waals surface area contributed by atoms with Gasteiger partial charge in [0.2, 0.25) is 0 Å². The van der Waals surface area contributed by atoms with Gasteiger partial charge in [-0.05, 0) is 87.5 Å². The van der Waals surface area contributed by atoms with Crippen LogP contribution < -0.4 is 0 Å². The van der Waals surface area contributed by atoms with Crippen molar-refractivity contribution in [3.05, 3.63) is 69.8 Å². The molecular weight excluding hydrogens is 408 g/mol. The highest BCUT2D eigenvalue weighted by atomic mass is 14.2. The summed E-state index contributed by atoms with van der Waals surface area (Å²) in [6.45, 7) is 22.3. The normalized spacial score (nSPS) is 23.8. The van der Waals surface area contributed by atoms with E-state index in [9.17, 15) is 0 Å². The molecule has 34 heavy (non-hydrogen) atoms. The van der Waals surface area contributed by atoms with E-state index in [0.29, 0.717) is 0 Å². The summed E-state index contributed by atoms with van der Waals surface area (Å²) >= 11 is 0. The van der Waals surface area contributed by atoms with Crippen LogP contribution in [-0.4, -0.2) is 0 Å². The smallest absolute Gasteiger partial charge is 0.0392 e. The van der Waals surface area contributed by atoms with Crippen molar-refractivity contribution in [3.63, 3.8) is 0 Å². The van der Waals surface area contributed by atoms with Crippen molar-refractivity contribution in [1.29, 1.82) is 0 Å². The van der Waals surface area contributed by atoms with Gasteiger partial charge >= 0.3 is 0 Å². The Bertz CT molecular complexity index is 694. The quantitative estimate of drug-likeness (QED) is 0.363. The third kappa shape index (κ3) is 12.8. The van der Waals surface area contributed by atoms with Crippen molar-refractivity contribution in [2.45, 2.75) is 121 Å². The summed E-state index contributed by atoms with van der Waals surface area (Å²) < 4.78 is 0. The van der Waals surface area contributed by atoms with Crippen molar-refractivity contribution in [3.8, 4) is 0 Å². The lowest BCUT2D eigenvalue weighted by Crippen LogP contribution is -2.08. The van der Waals surface area contributed by atoms with Gasteiger partial charge in [-0.3, -0.25) is 0 Å². The molecule has 2 aliphatic carbocycles. The fourth-order valence-corrected chi connectivity index (χ4v) is 4.58. The van der Waals surface area contributed by atoms with E-state index < -0.39 is 0 Å². The van der Waals surface area contributed by atoms with Gasteiger partial charge in [-0.2, -0.15) is 0 Å². The molecule has 0 heteroatoms. The van der Waals surface area contributed by atoms with Crippen LogP contribution in [0.3, 0.4) is 0 Å². The van der Waals surface area contributed by atoms with E-state index in [1.165, 1.54) is 84.7 Å². The predicted octanol–water partition coefficient (Wildman–Crippen LogP) is 10.9. The molecule has 0 atom stereocenters. The monoisotopic (exact) mass is 464 g/mol. The molecule has 0 heterocycles. The van der Waals surface area contributed by atoms with Crippen molar-refractivity contribution in [2.24, 2.45) is 23.7 Å².